The van der Waals surface area contributed by atoms with Gasteiger partial charge in [0.15, 0.2) is 0 Å². The molecule has 2 amide bonds. The van der Waals surface area contributed by atoms with E-state index >= 15 is 0 Å². The second-order valence-electron chi connectivity index (χ2n) is 7.71. The summed E-state index contributed by atoms with van der Waals surface area (Å²) in [6, 6.07) is 18.3. The Labute approximate surface area is 191 Å². The van der Waals surface area contributed by atoms with Gasteiger partial charge in [-0.15, -0.1) is 11.3 Å². The average molecular weight is 440 g/mol. The van der Waals surface area contributed by atoms with Gasteiger partial charge in [-0.2, -0.15) is 10.5 Å². The van der Waals surface area contributed by atoms with Crippen molar-refractivity contribution >= 4 is 23.2 Å². The minimum Gasteiger partial charge on any atom is -0.274 e. The summed E-state index contributed by atoms with van der Waals surface area (Å²) in [5, 5.41) is 18.2. The van der Waals surface area contributed by atoms with Crippen molar-refractivity contribution in [2.45, 2.75) is 32.6 Å². The van der Waals surface area contributed by atoms with Crippen molar-refractivity contribution in [3.8, 4) is 33.0 Å². The molecule has 1 aliphatic rings. The first kappa shape index (κ1) is 21.5. The van der Waals surface area contributed by atoms with E-state index in [0.29, 0.717) is 28.8 Å². The molecule has 3 aromatic rings. The van der Waals surface area contributed by atoms with Crippen LogP contribution in [0.1, 0.15) is 64.4 Å². The maximum Gasteiger partial charge on any atom is 0.263 e. The quantitative estimate of drug-likeness (QED) is 0.334. The lowest BCUT2D eigenvalue weighted by Crippen LogP contribution is -2.31. The van der Waals surface area contributed by atoms with E-state index in [1.807, 2.05) is 24.3 Å². The Balaban J connectivity index is 1.80. The fourth-order valence-corrected chi connectivity index (χ4v) is 5.19. The fraction of sp³-hybridized carbons (Fsp3) is 0.231. The molecule has 0 saturated carbocycles. The highest BCUT2D eigenvalue weighted by Gasteiger charge is 2.41. The number of nitrogens with zero attached hydrogens (tertiary/aromatic N) is 3. The fourth-order valence-electron chi connectivity index (χ4n) is 3.90. The number of amides is 2. The third-order valence-corrected chi connectivity index (χ3v) is 6.90. The highest BCUT2D eigenvalue weighted by atomic mass is 32.1. The number of nitriles is 2. The molecule has 0 spiro atoms. The van der Waals surface area contributed by atoms with Crippen LogP contribution in [0.3, 0.4) is 0 Å². The number of thiophene rings is 1. The number of carbonyl (C=O) groups is 2. The predicted molar refractivity (Wildman–Crippen MR) is 124 cm³/mol. The number of hydrogen-bond acceptors (Lipinski definition) is 5. The van der Waals surface area contributed by atoms with Gasteiger partial charge in [0, 0.05) is 16.3 Å². The summed E-state index contributed by atoms with van der Waals surface area (Å²) < 4.78 is 0. The zero-order chi connectivity index (χ0) is 22.7. The third kappa shape index (κ3) is 3.82. The molecule has 0 atom stereocenters. The SMILES string of the molecule is CCCCCCN1C(=O)c2c(-c3ccc(C#N)cc3)sc(-c3ccc(C#N)cc3)c2C1=O. The molecule has 32 heavy (non-hydrogen) atoms. The number of fused-ring (bicyclic) bond motifs is 1. The number of unbranched alkanes of at least 4 members (excludes halogenated alkanes) is 3. The van der Waals surface area contributed by atoms with Crippen molar-refractivity contribution in [3.63, 3.8) is 0 Å². The molecule has 0 unspecified atom stereocenters. The van der Waals surface area contributed by atoms with E-state index in [2.05, 4.69) is 19.1 Å². The molecular weight excluding hydrogens is 418 g/mol. The van der Waals surface area contributed by atoms with Crippen LogP contribution in [-0.2, 0) is 0 Å². The first-order valence-corrected chi connectivity index (χ1v) is 11.4. The van der Waals surface area contributed by atoms with Gasteiger partial charge in [-0.1, -0.05) is 50.5 Å². The van der Waals surface area contributed by atoms with Crippen molar-refractivity contribution in [3.05, 3.63) is 70.8 Å². The molecule has 0 aliphatic carbocycles. The summed E-state index contributed by atoms with van der Waals surface area (Å²) in [7, 11) is 0. The molecule has 5 nitrogen and oxygen atoms in total. The molecule has 2 aromatic carbocycles. The minimum absolute atomic E-state index is 0.253. The molecule has 6 heteroatoms. The van der Waals surface area contributed by atoms with Crippen LogP contribution in [0.5, 0.6) is 0 Å². The molecule has 0 bridgehead atoms. The number of imide groups is 1. The van der Waals surface area contributed by atoms with Crippen molar-refractivity contribution in [1.82, 2.24) is 4.90 Å². The Hall–Kier alpha value is -3.74. The number of hydrogen-bond donors (Lipinski definition) is 0. The standard InChI is InChI=1S/C26H21N3O2S/c1-2-3-4-5-14-29-25(30)21-22(26(29)31)24(20-12-8-18(16-28)9-13-20)32-23(21)19-10-6-17(15-27)7-11-19/h6-13H,2-5,14H2,1H3. The zero-order valence-corrected chi connectivity index (χ0v) is 18.5. The Morgan fingerprint density at radius 2 is 1.22 bits per heavy atom. The van der Waals surface area contributed by atoms with Crippen molar-refractivity contribution in [2.24, 2.45) is 0 Å². The summed E-state index contributed by atoms with van der Waals surface area (Å²) in [6.45, 7) is 2.54. The molecule has 2 heterocycles. The number of benzene rings is 2. The van der Waals surface area contributed by atoms with Gasteiger partial charge in [0.2, 0.25) is 0 Å². The summed E-state index contributed by atoms with van der Waals surface area (Å²) >= 11 is 1.40. The molecule has 0 saturated heterocycles. The molecular formula is C26H21N3O2S. The third-order valence-electron chi connectivity index (χ3n) is 5.61. The van der Waals surface area contributed by atoms with Crippen LogP contribution < -0.4 is 0 Å². The topological polar surface area (TPSA) is 85.0 Å². The summed E-state index contributed by atoms with van der Waals surface area (Å²) in [6.07, 6.45) is 3.92. The van der Waals surface area contributed by atoms with Crippen LogP contribution in [0.25, 0.3) is 20.9 Å². The molecule has 0 fully saturated rings. The van der Waals surface area contributed by atoms with Crippen LogP contribution >= 0.6 is 11.3 Å². The number of rotatable bonds is 7. The molecule has 158 valence electrons. The first-order chi connectivity index (χ1) is 15.6. The Kier molecular flexibility index (Phi) is 6.16. The maximum atomic E-state index is 13.3. The van der Waals surface area contributed by atoms with E-state index in [-0.39, 0.29) is 11.8 Å². The second-order valence-corrected chi connectivity index (χ2v) is 8.73. The van der Waals surface area contributed by atoms with Crippen LogP contribution in [0, 0.1) is 22.7 Å². The molecule has 1 aliphatic heterocycles. The lowest BCUT2D eigenvalue weighted by Gasteiger charge is -2.15. The van der Waals surface area contributed by atoms with Gasteiger partial charge in [0.1, 0.15) is 0 Å². The van der Waals surface area contributed by atoms with Crippen LogP contribution in [0.15, 0.2) is 48.5 Å². The van der Waals surface area contributed by atoms with Gasteiger partial charge in [-0.05, 0) is 41.8 Å². The van der Waals surface area contributed by atoms with Gasteiger partial charge in [-0.3, -0.25) is 14.5 Å². The lowest BCUT2D eigenvalue weighted by molar-refractivity contribution is 0.0652. The minimum atomic E-state index is -0.253. The maximum absolute atomic E-state index is 13.3. The normalized spacial score (nSPS) is 12.5. The molecule has 1 aromatic heterocycles. The highest BCUT2D eigenvalue weighted by molar-refractivity contribution is 7.20. The van der Waals surface area contributed by atoms with E-state index < -0.39 is 0 Å². The average Bonchev–Trinajstić information content (AvgIpc) is 3.34. The van der Waals surface area contributed by atoms with Gasteiger partial charge < -0.3 is 0 Å². The summed E-state index contributed by atoms with van der Waals surface area (Å²) in [5.74, 6) is -0.506. The Morgan fingerprint density at radius 3 is 1.62 bits per heavy atom. The predicted octanol–water partition coefficient (Wildman–Crippen LogP) is 6.00. The van der Waals surface area contributed by atoms with E-state index in [4.69, 9.17) is 10.5 Å². The second kappa shape index (κ2) is 9.18. The summed E-state index contributed by atoms with van der Waals surface area (Å²) in [5.41, 5.74) is 3.57. The molecule has 0 radical (unpaired) electrons. The summed E-state index contributed by atoms with van der Waals surface area (Å²) in [4.78, 5) is 29.5. The monoisotopic (exact) mass is 439 g/mol. The first-order valence-electron chi connectivity index (χ1n) is 10.6. The van der Waals surface area contributed by atoms with Gasteiger partial charge in [-0.25, -0.2) is 0 Å². The largest absolute Gasteiger partial charge is 0.274 e. The van der Waals surface area contributed by atoms with E-state index in [1.165, 1.54) is 16.2 Å². The smallest absolute Gasteiger partial charge is 0.263 e. The Bertz CT molecular complexity index is 1170. The van der Waals surface area contributed by atoms with Crippen molar-refractivity contribution < 1.29 is 9.59 Å². The van der Waals surface area contributed by atoms with Gasteiger partial charge in [0.25, 0.3) is 11.8 Å². The zero-order valence-electron chi connectivity index (χ0n) is 17.7. The van der Waals surface area contributed by atoms with E-state index in [9.17, 15) is 9.59 Å². The highest BCUT2D eigenvalue weighted by Crippen LogP contribution is 2.46. The van der Waals surface area contributed by atoms with Crippen LogP contribution in [0.2, 0.25) is 0 Å². The van der Waals surface area contributed by atoms with Crippen molar-refractivity contribution in [2.75, 3.05) is 6.54 Å². The molecule has 4 rings (SSSR count). The molecule has 0 N–H and O–H groups in total. The van der Waals surface area contributed by atoms with Gasteiger partial charge >= 0.3 is 0 Å². The van der Waals surface area contributed by atoms with E-state index in [0.717, 1.165) is 46.6 Å². The van der Waals surface area contributed by atoms with Crippen molar-refractivity contribution in [1.29, 1.82) is 10.5 Å². The van der Waals surface area contributed by atoms with E-state index in [1.54, 1.807) is 24.3 Å². The number of carbonyl (C=O) groups excluding carboxylic acids is 2. The van der Waals surface area contributed by atoms with Gasteiger partial charge in [0.05, 0.1) is 34.4 Å². The Morgan fingerprint density at radius 1 is 0.750 bits per heavy atom. The lowest BCUT2D eigenvalue weighted by atomic mass is 10.0. The van der Waals surface area contributed by atoms with Crippen LogP contribution in [-0.4, -0.2) is 23.3 Å². The van der Waals surface area contributed by atoms with Crippen LogP contribution in [0.4, 0.5) is 0 Å².